The van der Waals surface area contributed by atoms with Crippen molar-refractivity contribution in [3.05, 3.63) is 64.4 Å². The van der Waals surface area contributed by atoms with Crippen molar-refractivity contribution < 1.29 is 9.18 Å². The second kappa shape index (κ2) is 6.71. The number of rotatable bonds is 2. The van der Waals surface area contributed by atoms with Crippen molar-refractivity contribution in [3.63, 3.8) is 0 Å². The number of thioether (sulfide) groups is 1. The van der Waals surface area contributed by atoms with Gasteiger partial charge in [-0.3, -0.25) is 0 Å². The molecule has 1 atom stereocenters. The van der Waals surface area contributed by atoms with E-state index >= 15 is 0 Å². The van der Waals surface area contributed by atoms with Gasteiger partial charge < -0.3 is 10.2 Å². The molecule has 0 saturated carbocycles. The van der Waals surface area contributed by atoms with E-state index in [1.807, 2.05) is 24.3 Å². The zero-order valence-corrected chi connectivity index (χ0v) is 14.0. The third kappa shape index (κ3) is 3.28. The van der Waals surface area contributed by atoms with Crippen LogP contribution in [0.4, 0.5) is 14.9 Å². The Kier molecular flexibility index (Phi) is 4.69. The van der Waals surface area contributed by atoms with Crippen LogP contribution in [0, 0.1) is 5.82 Å². The summed E-state index contributed by atoms with van der Waals surface area (Å²) in [6, 6.07) is 13.7. The Bertz CT molecular complexity index is 680. The Morgan fingerprint density at radius 3 is 2.68 bits per heavy atom. The van der Waals surface area contributed by atoms with Gasteiger partial charge in [0.1, 0.15) is 11.2 Å². The summed E-state index contributed by atoms with van der Waals surface area (Å²) >= 11 is 5.10. The van der Waals surface area contributed by atoms with Crippen molar-refractivity contribution in [2.45, 2.75) is 5.37 Å². The number of carbonyl (C=O) groups excluding carboxylic acids is 1. The van der Waals surface area contributed by atoms with Gasteiger partial charge in [-0.25, -0.2) is 9.18 Å². The van der Waals surface area contributed by atoms with Crippen LogP contribution in [0.1, 0.15) is 10.9 Å². The zero-order chi connectivity index (χ0) is 15.5. The number of nitrogens with zero attached hydrogens (tertiary/aromatic N) is 1. The van der Waals surface area contributed by atoms with E-state index in [0.717, 1.165) is 21.5 Å². The van der Waals surface area contributed by atoms with E-state index in [9.17, 15) is 9.18 Å². The van der Waals surface area contributed by atoms with Gasteiger partial charge in [0.25, 0.3) is 0 Å². The number of amides is 2. The van der Waals surface area contributed by atoms with Gasteiger partial charge in [0.05, 0.1) is 5.69 Å². The highest BCUT2D eigenvalue weighted by Gasteiger charge is 2.30. The Morgan fingerprint density at radius 1 is 1.23 bits per heavy atom. The molecule has 3 rings (SSSR count). The largest absolute Gasteiger partial charge is 0.323 e. The highest BCUT2D eigenvalue weighted by atomic mass is 79.9. The number of para-hydroxylation sites is 1. The van der Waals surface area contributed by atoms with E-state index in [4.69, 9.17) is 0 Å². The fraction of sp³-hybridized carbons (Fsp3) is 0.188. The Labute approximate surface area is 141 Å². The molecule has 0 spiro atoms. The van der Waals surface area contributed by atoms with Crippen molar-refractivity contribution in [2.24, 2.45) is 0 Å². The molecule has 0 unspecified atom stereocenters. The topological polar surface area (TPSA) is 32.3 Å². The first-order chi connectivity index (χ1) is 10.6. The normalized spacial score (nSPS) is 17.5. The average Bonchev–Trinajstić information content (AvgIpc) is 3.00. The highest BCUT2D eigenvalue weighted by Crippen LogP contribution is 2.38. The highest BCUT2D eigenvalue weighted by molar-refractivity contribution is 9.10. The summed E-state index contributed by atoms with van der Waals surface area (Å²) in [5.74, 6) is 0.599. The maximum atomic E-state index is 13.1. The van der Waals surface area contributed by atoms with Crippen LogP contribution in [0.25, 0.3) is 0 Å². The summed E-state index contributed by atoms with van der Waals surface area (Å²) in [5.41, 5.74) is 1.67. The molecule has 0 radical (unpaired) electrons. The maximum Gasteiger partial charge on any atom is 0.323 e. The summed E-state index contributed by atoms with van der Waals surface area (Å²) in [5, 5.41) is 2.84. The lowest BCUT2D eigenvalue weighted by molar-refractivity contribution is 0.214. The first-order valence-corrected chi connectivity index (χ1v) is 8.68. The first kappa shape index (κ1) is 15.4. The SMILES string of the molecule is O=C(Nc1ccccc1Br)N1CCS[C@@H]1c1ccc(F)cc1. The summed E-state index contributed by atoms with van der Waals surface area (Å²) in [7, 11) is 0. The predicted octanol–water partition coefficient (Wildman–Crippen LogP) is 4.87. The second-order valence-corrected chi connectivity index (χ2v) is 6.92. The molecule has 2 aromatic carbocycles. The van der Waals surface area contributed by atoms with Gasteiger partial charge in [0, 0.05) is 16.8 Å². The number of carbonyl (C=O) groups is 1. The van der Waals surface area contributed by atoms with Crippen LogP contribution >= 0.6 is 27.7 Å². The number of halogens is 2. The third-order valence-electron chi connectivity index (χ3n) is 3.42. The summed E-state index contributed by atoms with van der Waals surface area (Å²) in [4.78, 5) is 14.3. The van der Waals surface area contributed by atoms with Crippen molar-refractivity contribution in [1.82, 2.24) is 4.90 Å². The Balaban J connectivity index is 1.76. The molecule has 1 aliphatic heterocycles. The fourth-order valence-electron chi connectivity index (χ4n) is 2.33. The van der Waals surface area contributed by atoms with E-state index in [0.29, 0.717) is 6.54 Å². The van der Waals surface area contributed by atoms with Gasteiger partial charge in [-0.2, -0.15) is 0 Å². The first-order valence-electron chi connectivity index (χ1n) is 6.84. The van der Waals surface area contributed by atoms with E-state index < -0.39 is 0 Å². The molecule has 1 heterocycles. The maximum absolute atomic E-state index is 13.1. The Hall–Kier alpha value is -1.53. The van der Waals surface area contributed by atoms with Gasteiger partial charge >= 0.3 is 6.03 Å². The summed E-state index contributed by atoms with van der Waals surface area (Å²) < 4.78 is 13.9. The molecule has 0 bridgehead atoms. The van der Waals surface area contributed by atoms with E-state index in [1.54, 1.807) is 28.8 Å². The minimum Gasteiger partial charge on any atom is -0.308 e. The number of benzene rings is 2. The third-order valence-corrected chi connectivity index (χ3v) is 5.37. The molecule has 3 nitrogen and oxygen atoms in total. The van der Waals surface area contributed by atoms with Gasteiger partial charge in [0.2, 0.25) is 0 Å². The number of nitrogens with one attached hydrogen (secondary N) is 1. The van der Waals surface area contributed by atoms with Crippen molar-refractivity contribution >= 4 is 39.4 Å². The number of hydrogen-bond acceptors (Lipinski definition) is 2. The smallest absolute Gasteiger partial charge is 0.308 e. The lowest BCUT2D eigenvalue weighted by Crippen LogP contribution is -2.34. The molecule has 114 valence electrons. The molecule has 1 aliphatic rings. The molecule has 2 aromatic rings. The molecule has 1 saturated heterocycles. The number of hydrogen-bond donors (Lipinski definition) is 1. The summed E-state index contributed by atoms with van der Waals surface area (Å²) in [6.45, 7) is 0.670. The van der Waals surface area contributed by atoms with Gasteiger partial charge in [-0.15, -0.1) is 11.8 Å². The van der Waals surface area contributed by atoms with E-state index in [-0.39, 0.29) is 17.2 Å². The van der Waals surface area contributed by atoms with Crippen LogP contribution in [-0.4, -0.2) is 23.2 Å². The predicted molar refractivity (Wildman–Crippen MR) is 91.5 cm³/mol. The van der Waals surface area contributed by atoms with Gasteiger partial charge in [0.15, 0.2) is 0 Å². The van der Waals surface area contributed by atoms with Crippen LogP contribution in [0.15, 0.2) is 53.0 Å². The van der Waals surface area contributed by atoms with Crippen LogP contribution in [0.3, 0.4) is 0 Å². The summed E-state index contributed by atoms with van der Waals surface area (Å²) in [6.07, 6.45) is 0. The standard InChI is InChI=1S/C16H14BrFN2OS/c17-13-3-1-2-4-14(13)19-16(21)20-9-10-22-15(20)11-5-7-12(18)8-6-11/h1-8,15H,9-10H2,(H,19,21)/t15-/m1/s1. The van der Waals surface area contributed by atoms with Crippen LogP contribution in [-0.2, 0) is 0 Å². The monoisotopic (exact) mass is 380 g/mol. The van der Waals surface area contributed by atoms with Gasteiger partial charge in [-0.1, -0.05) is 24.3 Å². The van der Waals surface area contributed by atoms with E-state index in [2.05, 4.69) is 21.2 Å². The van der Waals surface area contributed by atoms with Crippen molar-refractivity contribution in [2.75, 3.05) is 17.6 Å². The molecule has 0 aliphatic carbocycles. The lowest BCUT2D eigenvalue weighted by atomic mass is 10.2. The number of urea groups is 1. The molecule has 0 aromatic heterocycles. The zero-order valence-electron chi connectivity index (χ0n) is 11.6. The Morgan fingerprint density at radius 2 is 1.95 bits per heavy atom. The molecule has 22 heavy (non-hydrogen) atoms. The van der Waals surface area contributed by atoms with Crippen molar-refractivity contribution in [1.29, 1.82) is 0 Å². The number of anilines is 1. The molecular formula is C16H14BrFN2OS. The molecule has 1 fully saturated rings. The molecule has 6 heteroatoms. The van der Waals surface area contributed by atoms with Crippen LogP contribution < -0.4 is 5.32 Å². The van der Waals surface area contributed by atoms with Crippen LogP contribution in [0.5, 0.6) is 0 Å². The molecular weight excluding hydrogens is 367 g/mol. The average molecular weight is 381 g/mol. The fourth-order valence-corrected chi connectivity index (χ4v) is 3.97. The van der Waals surface area contributed by atoms with Gasteiger partial charge in [-0.05, 0) is 45.8 Å². The minimum absolute atomic E-state index is 0.0805. The van der Waals surface area contributed by atoms with E-state index in [1.165, 1.54) is 12.1 Å². The van der Waals surface area contributed by atoms with Crippen LogP contribution in [0.2, 0.25) is 0 Å². The quantitative estimate of drug-likeness (QED) is 0.805. The molecule has 2 amide bonds. The second-order valence-electron chi connectivity index (χ2n) is 4.88. The minimum atomic E-state index is -0.268. The van der Waals surface area contributed by atoms with Crippen molar-refractivity contribution in [3.8, 4) is 0 Å². The molecule has 1 N–H and O–H groups in total. The lowest BCUT2D eigenvalue weighted by Gasteiger charge is -2.24.